The second-order valence-corrected chi connectivity index (χ2v) is 8.60. The fourth-order valence-corrected chi connectivity index (χ4v) is 4.64. The number of hydrogen-bond acceptors (Lipinski definition) is 4. The molecule has 1 aromatic heterocycles. The molecule has 3 rings (SSSR count). The number of hydrogen-bond donors (Lipinski definition) is 0. The van der Waals surface area contributed by atoms with E-state index in [4.69, 9.17) is 4.98 Å². The first-order valence-electron chi connectivity index (χ1n) is 9.93. The minimum absolute atomic E-state index is 0.0198. The molecule has 1 aromatic carbocycles. The van der Waals surface area contributed by atoms with Crippen molar-refractivity contribution in [2.45, 2.75) is 64.2 Å². The summed E-state index contributed by atoms with van der Waals surface area (Å²) >= 11 is 1.39. The Morgan fingerprint density at radius 3 is 2.81 bits per heavy atom. The number of nitrogens with zero attached hydrogens (tertiary/aromatic N) is 3. The van der Waals surface area contributed by atoms with Crippen LogP contribution in [-0.2, 0) is 11.3 Å². The van der Waals surface area contributed by atoms with E-state index >= 15 is 0 Å². The second-order valence-electron chi connectivity index (χ2n) is 7.65. The maximum absolute atomic E-state index is 12.9. The highest BCUT2D eigenvalue weighted by molar-refractivity contribution is 7.99. The summed E-state index contributed by atoms with van der Waals surface area (Å²) in [5.41, 5.74) is 0.676. The van der Waals surface area contributed by atoms with Gasteiger partial charge in [-0.25, -0.2) is 4.98 Å². The van der Waals surface area contributed by atoms with Gasteiger partial charge < -0.3 is 4.90 Å². The van der Waals surface area contributed by atoms with Crippen LogP contribution in [0.25, 0.3) is 10.9 Å². The zero-order valence-corrected chi connectivity index (χ0v) is 17.3. The standard InChI is InChI=1S/C21H29N3O2S/c1-4-16-9-7-8-12-23(16)19(25)14-27-21-22-18-11-6-5-10-17(18)20(26)24(21)13-15(2)3/h5-6,10-11,15-16H,4,7-9,12-14H2,1-3H3. The fourth-order valence-electron chi connectivity index (χ4n) is 3.75. The maximum Gasteiger partial charge on any atom is 0.262 e. The first-order valence-corrected chi connectivity index (χ1v) is 10.9. The lowest BCUT2D eigenvalue weighted by atomic mass is 10.0. The number of carbonyl (C=O) groups excluding carboxylic acids is 1. The highest BCUT2D eigenvalue weighted by Crippen LogP contribution is 2.23. The van der Waals surface area contributed by atoms with Crippen LogP contribution in [0.3, 0.4) is 0 Å². The summed E-state index contributed by atoms with van der Waals surface area (Å²) in [6.07, 6.45) is 4.39. The maximum atomic E-state index is 12.9. The molecular weight excluding hydrogens is 358 g/mol. The van der Waals surface area contributed by atoms with Gasteiger partial charge in [-0.2, -0.15) is 0 Å². The normalized spacial score (nSPS) is 17.6. The Kier molecular flexibility index (Phi) is 6.58. The van der Waals surface area contributed by atoms with E-state index in [1.807, 2.05) is 29.2 Å². The molecule has 0 radical (unpaired) electrons. The average Bonchev–Trinajstić information content (AvgIpc) is 2.68. The van der Waals surface area contributed by atoms with E-state index in [0.29, 0.717) is 40.3 Å². The number of rotatable bonds is 6. The van der Waals surface area contributed by atoms with Crippen molar-refractivity contribution in [2.24, 2.45) is 5.92 Å². The minimum atomic E-state index is -0.0198. The molecule has 0 saturated carbocycles. The van der Waals surface area contributed by atoms with Gasteiger partial charge in [-0.1, -0.05) is 44.7 Å². The van der Waals surface area contributed by atoms with E-state index in [1.54, 1.807) is 4.57 Å². The summed E-state index contributed by atoms with van der Waals surface area (Å²) in [5.74, 6) is 0.816. The van der Waals surface area contributed by atoms with Crippen LogP contribution in [0.4, 0.5) is 0 Å². The molecular formula is C21H29N3O2S. The third-order valence-electron chi connectivity index (χ3n) is 5.12. The van der Waals surface area contributed by atoms with E-state index in [0.717, 1.165) is 25.8 Å². The van der Waals surface area contributed by atoms with Crippen LogP contribution in [0.1, 0.15) is 46.5 Å². The lowest BCUT2D eigenvalue weighted by molar-refractivity contribution is -0.132. The molecule has 0 bridgehead atoms. The Balaban J connectivity index is 1.85. The zero-order valence-electron chi connectivity index (χ0n) is 16.5. The van der Waals surface area contributed by atoms with Crippen LogP contribution in [0.2, 0.25) is 0 Å². The number of aromatic nitrogens is 2. The van der Waals surface area contributed by atoms with E-state index < -0.39 is 0 Å². The number of benzene rings is 1. The third kappa shape index (κ3) is 4.54. The molecule has 1 amide bonds. The van der Waals surface area contributed by atoms with Crippen LogP contribution >= 0.6 is 11.8 Å². The van der Waals surface area contributed by atoms with Crippen LogP contribution in [0.5, 0.6) is 0 Å². The molecule has 0 spiro atoms. The van der Waals surface area contributed by atoms with Gasteiger partial charge in [-0.15, -0.1) is 0 Å². The summed E-state index contributed by atoms with van der Waals surface area (Å²) in [6, 6.07) is 7.79. The monoisotopic (exact) mass is 387 g/mol. The van der Waals surface area contributed by atoms with Crippen molar-refractivity contribution in [3.05, 3.63) is 34.6 Å². The molecule has 0 N–H and O–H groups in total. The Morgan fingerprint density at radius 1 is 1.30 bits per heavy atom. The quantitative estimate of drug-likeness (QED) is 0.557. The van der Waals surface area contributed by atoms with E-state index in [-0.39, 0.29) is 11.5 Å². The number of thioether (sulfide) groups is 1. The molecule has 6 heteroatoms. The zero-order chi connectivity index (χ0) is 19.4. The first kappa shape index (κ1) is 19.9. The summed E-state index contributed by atoms with van der Waals surface area (Å²) < 4.78 is 1.73. The lowest BCUT2D eigenvalue weighted by Crippen LogP contribution is -2.44. The number of para-hydroxylation sites is 1. The van der Waals surface area contributed by atoms with Gasteiger partial charge >= 0.3 is 0 Å². The molecule has 27 heavy (non-hydrogen) atoms. The van der Waals surface area contributed by atoms with Crippen molar-refractivity contribution in [1.82, 2.24) is 14.5 Å². The van der Waals surface area contributed by atoms with Crippen molar-refractivity contribution in [2.75, 3.05) is 12.3 Å². The van der Waals surface area contributed by atoms with E-state index in [9.17, 15) is 9.59 Å². The number of amides is 1. The Bertz CT molecular complexity index is 862. The van der Waals surface area contributed by atoms with Crippen molar-refractivity contribution in [3.63, 3.8) is 0 Å². The van der Waals surface area contributed by atoms with Gasteiger partial charge in [-0.3, -0.25) is 14.2 Å². The summed E-state index contributed by atoms with van der Waals surface area (Å²) in [4.78, 5) is 32.5. The largest absolute Gasteiger partial charge is 0.339 e. The number of fused-ring (bicyclic) bond motifs is 1. The van der Waals surface area contributed by atoms with Crippen LogP contribution < -0.4 is 5.56 Å². The van der Waals surface area contributed by atoms with Crippen molar-refractivity contribution in [1.29, 1.82) is 0 Å². The van der Waals surface area contributed by atoms with Gasteiger partial charge in [0.15, 0.2) is 5.16 Å². The molecule has 0 aliphatic carbocycles. The predicted octanol–water partition coefficient (Wildman–Crippen LogP) is 3.94. The summed E-state index contributed by atoms with van der Waals surface area (Å²) in [6.45, 7) is 7.77. The highest BCUT2D eigenvalue weighted by Gasteiger charge is 2.25. The molecule has 1 fully saturated rings. The molecule has 1 aliphatic rings. The van der Waals surface area contributed by atoms with Gasteiger partial charge in [0.05, 0.1) is 16.7 Å². The van der Waals surface area contributed by atoms with Crippen molar-refractivity contribution >= 4 is 28.6 Å². The average molecular weight is 388 g/mol. The fraction of sp³-hybridized carbons (Fsp3) is 0.571. The van der Waals surface area contributed by atoms with Crippen molar-refractivity contribution in [3.8, 4) is 0 Å². The molecule has 1 unspecified atom stereocenters. The molecule has 2 heterocycles. The van der Waals surface area contributed by atoms with Crippen molar-refractivity contribution < 1.29 is 4.79 Å². The smallest absolute Gasteiger partial charge is 0.262 e. The van der Waals surface area contributed by atoms with Gasteiger partial charge in [0.1, 0.15) is 0 Å². The minimum Gasteiger partial charge on any atom is -0.339 e. The van der Waals surface area contributed by atoms with Crippen LogP contribution in [-0.4, -0.2) is 38.7 Å². The van der Waals surface area contributed by atoms with Crippen LogP contribution in [0.15, 0.2) is 34.2 Å². The first-order chi connectivity index (χ1) is 13.0. The molecule has 1 atom stereocenters. The lowest BCUT2D eigenvalue weighted by Gasteiger charge is -2.35. The summed E-state index contributed by atoms with van der Waals surface area (Å²) in [7, 11) is 0. The number of piperidine rings is 1. The van der Waals surface area contributed by atoms with Gasteiger partial charge in [-0.05, 0) is 43.7 Å². The van der Waals surface area contributed by atoms with E-state index in [2.05, 4.69) is 20.8 Å². The molecule has 5 nitrogen and oxygen atoms in total. The SMILES string of the molecule is CCC1CCCCN1C(=O)CSc1nc2ccccc2c(=O)n1CC(C)C. The molecule has 2 aromatic rings. The molecule has 1 aliphatic heterocycles. The van der Waals surface area contributed by atoms with Gasteiger partial charge in [0.2, 0.25) is 5.91 Å². The van der Waals surface area contributed by atoms with E-state index in [1.165, 1.54) is 18.2 Å². The van der Waals surface area contributed by atoms with Gasteiger partial charge in [0.25, 0.3) is 5.56 Å². The third-order valence-corrected chi connectivity index (χ3v) is 6.08. The number of likely N-dealkylation sites (tertiary alicyclic amines) is 1. The Hall–Kier alpha value is -1.82. The Morgan fingerprint density at radius 2 is 2.07 bits per heavy atom. The second kappa shape index (κ2) is 8.91. The van der Waals surface area contributed by atoms with Crippen LogP contribution in [0, 0.1) is 5.92 Å². The summed E-state index contributed by atoms with van der Waals surface area (Å²) in [5, 5.41) is 1.28. The molecule has 1 saturated heterocycles. The van der Waals surface area contributed by atoms with Gasteiger partial charge in [0, 0.05) is 19.1 Å². The topological polar surface area (TPSA) is 55.2 Å². The number of carbonyl (C=O) groups is 1. The highest BCUT2D eigenvalue weighted by atomic mass is 32.2. The Labute approximate surface area is 165 Å². The predicted molar refractivity (Wildman–Crippen MR) is 111 cm³/mol. The molecule has 146 valence electrons.